The Bertz CT molecular complexity index is 1420. The largest absolute Gasteiger partial charge is 0.508 e. The van der Waals surface area contributed by atoms with E-state index < -0.39 is 21.5 Å². The zero-order valence-corrected chi connectivity index (χ0v) is 18.2. The number of hydrogen-bond acceptors (Lipinski definition) is 7. The standard InChI is InChI=1S/C22H22N2O6S/c1-4-22(28)15-8-17-18-13(9-24(17)20(26)14(15)10-30-21(22)27)19(31(2,3)29)12-7-11(25)5-6-16(12)23-18/h5-8,25,28,31H,4,9-10H2,1-3H3/t22-/m0/s1. The van der Waals surface area contributed by atoms with Crippen molar-refractivity contribution < 1.29 is 24.0 Å². The van der Waals surface area contributed by atoms with Crippen LogP contribution in [0.1, 0.15) is 30.0 Å². The number of cyclic esters (lactones) is 1. The van der Waals surface area contributed by atoms with Crippen LogP contribution in [0.3, 0.4) is 0 Å². The molecule has 0 saturated carbocycles. The monoisotopic (exact) mass is 442 g/mol. The molecule has 0 aliphatic carbocycles. The summed E-state index contributed by atoms with van der Waals surface area (Å²) in [6.45, 7) is 1.60. The van der Waals surface area contributed by atoms with Crippen LogP contribution in [0, 0.1) is 0 Å². The molecule has 4 heterocycles. The van der Waals surface area contributed by atoms with E-state index in [0.29, 0.717) is 32.7 Å². The van der Waals surface area contributed by atoms with E-state index in [0.717, 1.165) is 0 Å². The van der Waals surface area contributed by atoms with E-state index >= 15 is 0 Å². The number of ether oxygens (including phenoxy) is 1. The average molecular weight is 442 g/mol. The number of nitrogens with zero attached hydrogens (tertiary/aromatic N) is 2. The Labute approximate surface area is 178 Å². The van der Waals surface area contributed by atoms with Crippen molar-refractivity contribution in [2.45, 2.75) is 37.0 Å². The van der Waals surface area contributed by atoms with Gasteiger partial charge in [0, 0.05) is 21.4 Å². The van der Waals surface area contributed by atoms with Crippen molar-refractivity contribution in [3.63, 3.8) is 0 Å². The Kier molecular flexibility index (Phi) is 4.00. The van der Waals surface area contributed by atoms with Crippen LogP contribution in [0.2, 0.25) is 0 Å². The molecule has 8 nitrogen and oxygen atoms in total. The molecular formula is C22H22N2O6S. The van der Waals surface area contributed by atoms with Crippen LogP contribution in [0.15, 0.2) is 34.0 Å². The Morgan fingerprint density at radius 1 is 1.23 bits per heavy atom. The summed E-state index contributed by atoms with van der Waals surface area (Å²) in [5.74, 6) is -0.741. The zero-order chi connectivity index (χ0) is 22.3. The molecule has 9 heteroatoms. The molecule has 2 aliphatic heterocycles. The molecular weight excluding hydrogens is 420 g/mol. The summed E-state index contributed by atoms with van der Waals surface area (Å²) in [6, 6.07) is 6.31. The minimum Gasteiger partial charge on any atom is -0.508 e. The number of benzene rings is 1. The predicted octanol–water partition coefficient (Wildman–Crippen LogP) is 1.42. The summed E-state index contributed by atoms with van der Waals surface area (Å²) in [5, 5.41) is 21.6. The number of aliphatic hydroxyl groups is 1. The predicted molar refractivity (Wildman–Crippen MR) is 116 cm³/mol. The molecule has 0 radical (unpaired) electrons. The first-order chi connectivity index (χ1) is 14.6. The Morgan fingerprint density at radius 3 is 2.65 bits per heavy atom. The van der Waals surface area contributed by atoms with Gasteiger partial charge in [-0.05, 0) is 43.2 Å². The molecule has 0 spiro atoms. The highest BCUT2D eigenvalue weighted by Crippen LogP contribution is 2.42. The Morgan fingerprint density at radius 2 is 1.97 bits per heavy atom. The summed E-state index contributed by atoms with van der Waals surface area (Å²) < 4.78 is 19.9. The molecule has 5 rings (SSSR count). The van der Waals surface area contributed by atoms with Gasteiger partial charge in [0.05, 0.1) is 29.0 Å². The number of thiol groups is 1. The van der Waals surface area contributed by atoms with Crippen molar-refractivity contribution in [2.75, 3.05) is 12.5 Å². The van der Waals surface area contributed by atoms with Gasteiger partial charge in [-0.25, -0.2) is 9.78 Å². The van der Waals surface area contributed by atoms with Gasteiger partial charge in [0.25, 0.3) is 5.56 Å². The third-order valence-corrected chi connectivity index (χ3v) is 7.77. The van der Waals surface area contributed by atoms with Crippen molar-refractivity contribution in [1.29, 1.82) is 0 Å². The minimum absolute atomic E-state index is 0.0377. The number of rotatable bonds is 2. The van der Waals surface area contributed by atoms with E-state index in [1.165, 1.54) is 16.7 Å². The zero-order valence-electron chi connectivity index (χ0n) is 17.3. The van der Waals surface area contributed by atoms with Gasteiger partial charge in [0.1, 0.15) is 12.4 Å². The summed E-state index contributed by atoms with van der Waals surface area (Å²) in [5.41, 5.74) is 0.351. The van der Waals surface area contributed by atoms with Crippen LogP contribution >= 0.6 is 0 Å². The number of carbonyl (C=O) groups is 1. The number of aromatic hydroxyl groups is 1. The lowest BCUT2D eigenvalue weighted by Gasteiger charge is -2.31. The first-order valence-corrected chi connectivity index (χ1v) is 12.5. The fourth-order valence-corrected chi connectivity index (χ4v) is 6.25. The van der Waals surface area contributed by atoms with Crippen LogP contribution in [0.25, 0.3) is 22.3 Å². The highest BCUT2D eigenvalue weighted by molar-refractivity contribution is 8.02. The number of aromatic nitrogens is 2. The van der Waals surface area contributed by atoms with Gasteiger partial charge >= 0.3 is 5.97 Å². The number of carbonyl (C=O) groups excluding carboxylic acids is 1. The van der Waals surface area contributed by atoms with E-state index in [2.05, 4.69) is 0 Å². The first kappa shape index (κ1) is 19.9. The fraction of sp³-hybridized carbons (Fsp3) is 0.318. The maximum absolute atomic E-state index is 13.3. The summed E-state index contributed by atoms with van der Waals surface area (Å²) in [6.07, 6.45) is 3.35. The van der Waals surface area contributed by atoms with E-state index in [-0.39, 0.29) is 42.0 Å². The normalized spacial score (nSPS) is 20.2. The Balaban J connectivity index is 1.88. The fourth-order valence-electron chi connectivity index (χ4n) is 4.66. The SMILES string of the molecule is CC[C@@]1(O)C(=O)OCc2c1cc1n(c2=O)Cc2c-1nc1ccc(O)cc1c2[SH](C)(C)=O. The number of esters is 1. The highest BCUT2D eigenvalue weighted by atomic mass is 32.2. The molecule has 0 fully saturated rings. The first-order valence-electron chi connectivity index (χ1n) is 9.94. The van der Waals surface area contributed by atoms with E-state index in [4.69, 9.17) is 9.72 Å². The molecule has 0 amide bonds. The van der Waals surface area contributed by atoms with Crippen molar-refractivity contribution in [3.8, 4) is 17.1 Å². The second-order valence-electron chi connectivity index (χ2n) is 8.44. The lowest BCUT2D eigenvalue weighted by atomic mass is 9.86. The van der Waals surface area contributed by atoms with Gasteiger partial charge in [-0.1, -0.05) is 16.9 Å². The summed E-state index contributed by atoms with van der Waals surface area (Å²) in [4.78, 5) is 30.9. The molecule has 2 N–H and O–H groups in total. The second kappa shape index (κ2) is 6.24. The smallest absolute Gasteiger partial charge is 0.343 e. The maximum Gasteiger partial charge on any atom is 0.343 e. The second-order valence-corrected chi connectivity index (χ2v) is 11.6. The lowest BCUT2D eigenvalue weighted by Crippen LogP contribution is -2.44. The third kappa shape index (κ3) is 2.63. The van der Waals surface area contributed by atoms with E-state index in [1.807, 2.05) is 0 Å². The number of hydrogen-bond donors (Lipinski definition) is 3. The molecule has 0 saturated heterocycles. The van der Waals surface area contributed by atoms with Gasteiger partial charge in [0.2, 0.25) is 0 Å². The molecule has 162 valence electrons. The quantitative estimate of drug-likeness (QED) is 0.317. The van der Waals surface area contributed by atoms with Gasteiger partial charge in [0.15, 0.2) is 5.60 Å². The van der Waals surface area contributed by atoms with Crippen molar-refractivity contribution in [1.82, 2.24) is 9.55 Å². The van der Waals surface area contributed by atoms with Crippen LogP contribution in [0.5, 0.6) is 5.75 Å². The maximum atomic E-state index is 13.3. The van der Waals surface area contributed by atoms with Crippen LogP contribution < -0.4 is 5.56 Å². The number of pyridine rings is 2. The van der Waals surface area contributed by atoms with Gasteiger partial charge in [-0.15, -0.1) is 0 Å². The topological polar surface area (TPSA) is 119 Å². The van der Waals surface area contributed by atoms with Gasteiger partial charge < -0.3 is 19.5 Å². The molecule has 3 aromatic rings. The van der Waals surface area contributed by atoms with E-state index in [9.17, 15) is 24.0 Å². The molecule has 2 aliphatic rings. The van der Waals surface area contributed by atoms with Crippen LogP contribution in [-0.2, 0) is 38.2 Å². The van der Waals surface area contributed by atoms with Crippen molar-refractivity contribution in [3.05, 3.63) is 51.3 Å². The third-order valence-electron chi connectivity index (χ3n) is 6.18. The van der Waals surface area contributed by atoms with Crippen LogP contribution in [-0.4, -0.2) is 42.5 Å². The number of phenolic OH excluding ortho intramolecular Hbond substituents is 1. The minimum atomic E-state index is -2.83. The number of phenols is 1. The van der Waals surface area contributed by atoms with Crippen molar-refractivity contribution in [2.24, 2.45) is 0 Å². The molecule has 31 heavy (non-hydrogen) atoms. The molecule has 2 aromatic heterocycles. The molecule has 1 aromatic carbocycles. The summed E-state index contributed by atoms with van der Waals surface area (Å²) in [7, 11) is -2.83. The van der Waals surface area contributed by atoms with E-state index in [1.54, 1.807) is 31.6 Å². The molecule has 0 bridgehead atoms. The average Bonchev–Trinajstić information content (AvgIpc) is 3.07. The summed E-state index contributed by atoms with van der Waals surface area (Å²) >= 11 is 0. The van der Waals surface area contributed by atoms with Crippen LogP contribution in [0.4, 0.5) is 0 Å². The lowest BCUT2D eigenvalue weighted by molar-refractivity contribution is -0.172. The van der Waals surface area contributed by atoms with Gasteiger partial charge in [-0.2, -0.15) is 0 Å². The van der Waals surface area contributed by atoms with Crippen molar-refractivity contribution >= 4 is 26.8 Å². The number of fused-ring (bicyclic) bond motifs is 5. The Hall–Kier alpha value is -3.04. The highest BCUT2D eigenvalue weighted by Gasteiger charge is 2.45. The molecule has 1 atom stereocenters. The van der Waals surface area contributed by atoms with Gasteiger partial charge in [-0.3, -0.25) is 9.00 Å². The molecule has 0 unspecified atom stereocenters.